The standard InChI is InChI=1S/C33H44F3N3O6/c1-22-19-39(23(2)21-40)32(43)27-18-26(37-30(41)15-16-33(34,35)36)13-14-28(27)45-24(3)10-8-9-17-44-29(22)20-38(4)31(42)25-11-6-5-7-12-25/h5-7,11-14,18,22-24,29,40H,8-10,15-17,19-21H2,1-4H3,(H,37,41)/t22-,23-,24-,29+/m1/s1. The fraction of sp³-hybridized carbons (Fsp3) is 0.545. The van der Waals surface area contributed by atoms with E-state index in [1.807, 2.05) is 19.9 Å². The average molecular weight is 636 g/mol. The van der Waals surface area contributed by atoms with Crippen LogP contribution in [0.15, 0.2) is 48.5 Å². The molecule has 9 nitrogen and oxygen atoms in total. The molecule has 0 bridgehead atoms. The summed E-state index contributed by atoms with van der Waals surface area (Å²) < 4.78 is 50.4. The van der Waals surface area contributed by atoms with Crippen molar-refractivity contribution in [1.29, 1.82) is 0 Å². The molecule has 2 N–H and O–H groups in total. The van der Waals surface area contributed by atoms with Crippen LogP contribution in [0.4, 0.5) is 18.9 Å². The molecule has 1 aliphatic rings. The number of hydrogen-bond acceptors (Lipinski definition) is 6. The Hall–Kier alpha value is -3.64. The van der Waals surface area contributed by atoms with Crippen molar-refractivity contribution < 1.29 is 42.1 Å². The smallest absolute Gasteiger partial charge is 0.389 e. The number of halogens is 3. The van der Waals surface area contributed by atoms with Crippen LogP contribution >= 0.6 is 0 Å². The zero-order valence-electron chi connectivity index (χ0n) is 26.3. The molecule has 3 rings (SSSR count). The Labute approximate surface area is 262 Å². The van der Waals surface area contributed by atoms with E-state index in [0.29, 0.717) is 18.6 Å². The van der Waals surface area contributed by atoms with Gasteiger partial charge in [-0.25, -0.2) is 0 Å². The average Bonchev–Trinajstić information content (AvgIpc) is 3.01. The summed E-state index contributed by atoms with van der Waals surface area (Å²) in [6.07, 6.45) is -5.01. The molecule has 2 aromatic rings. The molecule has 248 valence electrons. The van der Waals surface area contributed by atoms with Crippen molar-refractivity contribution in [3.8, 4) is 5.75 Å². The van der Waals surface area contributed by atoms with Crippen molar-refractivity contribution in [3.05, 3.63) is 59.7 Å². The Bertz CT molecular complexity index is 1280. The molecule has 0 saturated carbocycles. The van der Waals surface area contributed by atoms with Crippen LogP contribution in [0.1, 0.15) is 73.6 Å². The van der Waals surface area contributed by atoms with Crippen LogP contribution in [0.2, 0.25) is 0 Å². The van der Waals surface area contributed by atoms with Gasteiger partial charge in [-0.2, -0.15) is 13.2 Å². The summed E-state index contributed by atoms with van der Waals surface area (Å²) in [5.41, 5.74) is 0.804. The summed E-state index contributed by atoms with van der Waals surface area (Å²) in [5, 5.41) is 12.6. The number of alkyl halides is 3. The van der Waals surface area contributed by atoms with Crippen LogP contribution in [-0.2, 0) is 9.53 Å². The van der Waals surface area contributed by atoms with Crippen LogP contribution in [-0.4, -0.2) is 90.4 Å². The SMILES string of the molecule is C[C@@H]1CCCCO[C@@H](CN(C)C(=O)c2ccccc2)[C@H](C)CN([C@H](C)CO)C(=O)c2cc(NC(=O)CCC(F)(F)F)ccc2O1. The Balaban J connectivity index is 1.91. The van der Waals surface area contributed by atoms with Gasteiger partial charge < -0.3 is 29.7 Å². The van der Waals surface area contributed by atoms with Gasteiger partial charge in [0.1, 0.15) is 5.75 Å². The maximum atomic E-state index is 14.1. The normalized spacial score (nSPS) is 20.8. The third-order valence-electron chi connectivity index (χ3n) is 7.79. The van der Waals surface area contributed by atoms with E-state index in [1.54, 1.807) is 43.1 Å². The van der Waals surface area contributed by atoms with Gasteiger partial charge in [0.15, 0.2) is 0 Å². The van der Waals surface area contributed by atoms with Gasteiger partial charge in [-0.1, -0.05) is 25.1 Å². The van der Waals surface area contributed by atoms with Gasteiger partial charge in [0.25, 0.3) is 11.8 Å². The quantitative estimate of drug-likeness (QED) is 0.395. The summed E-state index contributed by atoms with van der Waals surface area (Å²) in [6, 6.07) is 12.7. The monoisotopic (exact) mass is 635 g/mol. The Morgan fingerprint density at radius 3 is 2.51 bits per heavy atom. The lowest BCUT2D eigenvalue weighted by molar-refractivity contribution is -0.142. The Morgan fingerprint density at radius 1 is 1.13 bits per heavy atom. The summed E-state index contributed by atoms with van der Waals surface area (Å²) in [7, 11) is 1.70. The Kier molecular flexibility index (Phi) is 13.2. The number of fused-ring (bicyclic) bond motifs is 1. The number of aliphatic hydroxyl groups is 1. The van der Waals surface area contributed by atoms with E-state index in [0.717, 1.165) is 12.8 Å². The van der Waals surface area contributed by atoms with Crippen molar-refractivity contribution in [3.63, 3.8) is 0 Å². The lowest BCUT2D eigenvalue weighted by Crippen LogP contribution is -2.48. The topological polar surface area (TPSA) is 108 Å². The van der Waals surface area contributed by atoms with Crippen LogP contribution in [0.5, 0.6) is 5.75 Å². The lowest BCUT2D eigenvalue weighted by Gasteiger charge is -2.36. The predicted octanol–water partition coefficient (Wildman–Crippen LogP) is 5.54. The predicted molar refractivity (Wildman–Crippen MR) is 164 cm³/mol. The lowest BCUT2D eigenvalue weighted by atomic mass is 10.0. The number of hydrogen-bond donors (Lipinski definition) is 2. The van der Waals surface area contributed by atoms with Crippen molar-refractivity contribution in [2.75, 3.05) is 38.7 Å². The fourth-order valence-electron chi connectivity index (χ4n) is 5.10. The first-order chi connectivity index (χ1) is 21.3. The molecular formula is C33H44F3N3O6. The molecule has 12 heteroatoms. The number of amides is 3. The molecule has 0 aliphatic carbocycles. The fourth-order valence-corrected chi connectivity index (χ4v) is 5.10. The van der Waals surface area contributed by atoms with E-state index in [2.05, 4.69) is 5.32 Å². The highest BCUT2D eigenvalue weighted by atomic mass is 19.4. The minimum Gasteiger partial charge on any atom is -0.490 e. The maximum absolute atomic E-state index is 14.1. The molecule has 2 aromatic carbocycles. The zero-order valence-corrected chi connectivity index (χ0v) is 26.3. The second-order valence-electron chi connectivity index (χ2n) is 11.7. The molecule has 0 aromatic heterocycles. The second kappa shape index (κ2) is 16.6. The van der Waals surface area contributed by atoms with E-state index in [-0.39, 0.29) is 54.6 Å². The minimum absolute atomic E-state index is 0.105. The highest BCUT2D eigenvalue weighted by molar-refractivity contribution is 5.99. The summed E-state index contributed by atoms with van der Waals surface area (Å²) in [4.78, 5) is 42.6. The van der Waals surface area contributed by atoms with Crippen LogP contribution in [0.3, 0.4) is 0 Å². The van der Waals surface area contributed by atoms with E-state index < -0.39 is 43.0 Å². The van der Waals surface area contributed by atoms with Gasteiger partial charge in [-0.05, 0) is 63.4 Å². The molecule has 1 aliphatic heterocycles. The third-order valence-corrected chi connectivity index (χ3v) is 7.79. The van der Waals surface area contributed by atoms with Gasteiger partial charge >= 0.3 is 6.18 Å². The van der Waals surface area contributed by atoms with Crippen molar-refractivity contribution in [1.82, 2.24) is 9.80 Å². The Morgan fingerprint density at radius 2 is 1.84 bits per heavy atom. The molecule has 0 spiro atoms. The molecule has 0 fully saturated rings. The molecular weight excluding hydrogens is 591 g/mol. The number of nitrogens with one attached hydrogen (secondary N) is 1. The number of benzene rings is 2. The zero-order chi connectivity index (χ0) is 33.1. The van der Waals surface area contributed by atoms with E-state index in [1.165, 1.54) is 23.1 Å². The van der Waals surface area contributed by atoms with E-state index in [9.17, 15) is 32.7 Å². The number of aliphatic hydroxyl groups excluding tert-OH is 1. The molecule has 3 amide bonds. The highest BCUT2D eigenvalue weighted by Gasteiger charge is 2.32. The minimum atomic E-state index is -4.47. The number of carbonyl (C=O) groups excluding carboxylic acids is 3. The van der Waals surface area contributed by atoms with E-state index in [4.69, 9.17) is 9.47 Å². The van der Waals surface area contributed by atoms with Gasteiger partial charge in [0, 0.05) is 50.3 Å². The maximum Gasteiger partial charge on any atom is 0.389 e. The first-order valence-corrected chi connectivity index (χ1v) is 15.3. The van der Waals surface area contributed by atoms with Crippen molar-refractivity contribution in [2.45, 2.75) is 77.3 Å². The van der Waals surface area contributed by atoms with Crippen LogP contribution < -0.4 is 10.1 Å². The molecule has 1 heterocycles. The summed E-state index contributed by atoms with van der Waals surface area (Å²) in [5.74, 6) is -1.49. The first kappa shape index (κ1) is 35.8. The summed E-state index contributed by atoms with van der Waals surface area (Å²) >= 11 is 0. The number of carbonyl (C=O) groups is 3. The molecule has 45 heavy (non-hydrogen) atoms. The van der Waals surface area contributed by atoms with Crippen molar-refractivity contribution in [2.24, 2.45) is 5.92 Å². The molecule has 0 saturated heterocycles. The highest BCUT2D eigenvalue weighted by Crippen LogP contribution is 2.29. The largest absolute Gasteiger partial charge is 0.490 e. The number of rotatable bonds is 8. The first-order valence-electron chi connectivity index (χ1n) is 15.3. The van der Waals surface area contributed by atoms with Gasteiger partial charge in [0.05, 0.1) is 36.8 Å². The number of ether oxygens (including phenoxy) is 2. The van der Waals surface area contributed by atoms with Crippen LogP contribution in [0, 0.1) is 5.92 Å². The second-order valence-corrected chi connectivity index (χ2v) is 11.7. The number of nitrogens with zero attached hydrogens (tertiary/aromatic N) is 2. The van der Waals surface area contributed by atoms with Gasteiger partial charge in [0.2, 0.25) is 5.91 Å². The van der Waals surface area contributed by atoms with E-state index >= 15 is 0 Å². The van der Waals surface area contributed by atoms with Crippen molar-refractivity contribution >= 4 is 23.4 Å². The number of anilines is 1. The third kappa shape index (κ3) is 11.0. The molecule has 4 atom stereocenters. The molecule has 0 unspecified atom stereocenters. The van der Waals surface area contributed by atoms with Gasteiger partial charge in [-0.3, -0.25) is 14.4 Å². The summed E-state index contributed by atoms with van der Waals surface area (Å²) in [6.45, 7) is 6.03. The number of likely N-dealkylation sites (N-methyl/N-ethyl adjacent to an activating group) is 1. The van der Waals surface area contributed by atoms with Gasteiger partial charge in [-0.15, -0.1) is 0 Å². The van der Waals surface area contributed by atoms with Crippen LogP contribution in [0.25, 0.3) is 0 Å². The molecule has 0 radical (unpaired) electrons.